The first kappa shape index (κ1) is 31.7. The SMILES string of the molecule is C=C(F)C(=O)N1CCN(c2nc(OC[C@@H]3CCCN3C)nc3c2CCCN(c2cc(F)cc4c2N(C)C(=O)CC4)C3)C[C@@H]1CC#N. The third-order valence-electron chi connectivity index (χ3n) is 9.72. The summed E-state index contributed by atoms with van der Waals surface area (Å²) in [5.41, 5.74) is 3.86. The van der Waals surface area contributed by atoms with Gasteiger partial charge < -0.3 is 29.2 Å². The Balaban J connectivity index is 1.37. The van der Waals surface area contributed by atoms with Gasteiger partial charge in [0, 0.05) is 51.3 Å². The Morgan fingerprint density at radius 1 is 1.09 bits per heavy atom. The van der Waals surface area contributed by atoms with Crippen LogP contribution in [-0.4, -0.2) is 97.1 Å². The summed E-state index contributed by atoms with van der Waals surface area (Å²) < 4.78 is 35.1. The van der Waals surface area contributed by atoms with Crippen LogP contribution in [0.4, 0.5) is 26.0 Å². The van der Waals surface area contributed by atoms with Crippen molar-refractivity contribution in [3.8, 4) is 12.1 Å². The molecule has 2 fully saturated rings. The van der Waals surface area contributed by atoms with E-state index in [0.29, 0.717) is 57.0 Å². The molecule has 46 heavy (non-hydrogen) atoms. The number of carbonyl (C=O) groups is 2. The Kier molecular flexibility index (Phi) is 9.08. The average Bonchev–Trinajstić information content (AvgIpc) is 3.32. The number of ether oxygens (including phenoxy) is 1. The highest BCUT2D eigenvalue weighted by atomic mass is 19.1. The summed E-state index contributed by atoms with van der Waals surface area (Å²) in [5.74, 6) is -1.53. The third kappa shape index (κ3) is 6.23. The smallest absolute Gasteiger partial charge is 0.318 e. The normalized spacial score (nSPS) is 21.8. The zero-order valence-corrected chi connectivity index (χ0v) is 26.5. The second kappa shape index (κ2) is 13.2. The molecule has 4 aliphatic heterocycles. The Labute approximate surface area is 268 Å². The summed E-state index contributed by atoms with van der Waals surface area (Å²) in [6.07, 6.45) is 4.34. The number of benzene rings is 1. The Morgan fingerprint density at radius 3 is 2.65 bits per heavy atom. The second-order valence-corrected chi connectivity index (χ2v) is 12.6. The van der Waals surface area contributed by atoms with Crippen molar-refractivity contribution in [1.29, 1.82) is 5.26 Å². The molecule has 1 aromatic heterocycles. The van der Waals surface area contributed by atoms with Crippen molar-refractivity contribution in [2.45, 2.75) is 63.6 Å². The van der Waals surface area contributed by atoms with Crippen molar-refractivity contribution < 1.29 is 23.1 Å². The van der Waals surface area contributed by atoms with Gasteiger partial charge in [0.15, 0.2) is 5.83 Å². The van der Waals surface area contributed by atoms with Crippen molar-refractivity contribution in [3.05, 3.63) is 47.2 Å². The molecule has 0 radical (unpaired) electrons. The Morgan fingerprint density at radius 2 is 1.91 bits per heavy atom. The summed E-state index contributed by atoms with van der Waals surface area (Å²) in [5, 5.41) is 9.53. The van der Waals surface area contributed by atoms with E-state index in [1.807, 2.05) is 4.90 Å². The van der Waals surface area contributed by atoms with Gasteiger partial charge in [0.1, 0.15) is 18.2 Å². The first-order chi connectivity index (χ1) is 22.1. The number of likely N-dealkylation sites (N-methyl/N-ethyl adjacent to an activating group) is 1. The van der Waals surface area contributed by atoms with Gasteiger partial charge in [-0.25, -0.2) is 8.78 Å². The lowest BCUT2D eigenvalue weighted by atomic mass is 9.99. The topological polar surface area (TPSA) is 109 Å². The van der Waals surface area contributed by atoms with Crippen LogP contribution in [0.15, 0.2) is 24.5 Å². The molecule has 11 nitrogen and oxygen atoms in total. The largest absolute Gasteiger partial charge is 0.462 e. The highest BCUT2D eigenvalue weighted by molar-refractivity contribution is 5.99. The third-order valence-corrected chi connectivity index (χ3v) is 9.72. The van der Waals surface area contributed by atoms with Gasteiger partial charge >= 0.3 is 6.01 Å². The number of hydrogen-bond donors (Lipinski definition) is 0. The first-order valence-corrected chi connectivity index (χ1v) is 16.0. The lowest BCUT2D eigenvalue weighted by Gasteiger charge is -2.41. The number of rotatable bonds is 7. The minimum absolute atomic E-state index is 0.00589. The number of nitriles is 1. The van der Waals surface area contributed by atoms with Crippen LogP contribution in [0.1, 0.15) is 48.9 Å². The van der Waals surface area contributed by atoms with Crippen LogP contribution in [0, 0.1) is 17.1 Å². The van der Waals surface area contributed by atoms with Crippen LogP contribution < -0.4 is 19.4 Å². The molecular formula is C33H40F2N8O3. The molecule has 2 atom stereocenters. The Bertz CT molecular complexity index is 1580. The highest BCUT2D eigenvalue weighted by Gasteiger charge is 2.35. The number of anilines is 3. The monoisotopic (exact) mass is 634 g/mol. The van der Waals surface area contributed by atoms with Gasteiger partial charge in [-0.1, -0.05) is 6.58 Å². The molecule has 2 saturated heterocycles. The number of nitrogens with zero attached hydrogens (tertiary/aromatic N) is 8. The lowest BCUT2D eigenvalue weighted by molar-refractivity contribution is -0.131. The fourth-order valence-electron chi connectivity index (χ4n) is 7.22. The van der Waals surface area contributed by atoms with Crippen LogP contribution >= 0.6 is 0 Å². The van der Waals surface area contributed by atoms with Gasteiger partial charge in [0.05, 0.1) is 42.1 Å². The molecule has 0 unspecified atom stereocenters. The molecule has 4 aliphatic rings. The summed E-state index contributed by atoms with van der Waals surface area (Å²) >= 11 is 0. The van der Waals surface area contributed by atoms with E-state index in [2.05, 4.69) is 29.5 Å². The van der Waals surface area contributed by atoms with Gasteiger partial charge in [-0.15, -0.1) is 0 Å². The van der Waals surface area contributed by atoms with E-state index in [1.54, 1.807) is 11.9 Å². The van der Waals surface area contributed by atoms with Gasteiger partial charge in [0.2, 0.25) is 5.91 Å². The summed E-state index contributed by atoms with van der Waals surface area (Å²) in [6.45, 7) is 6.43. The zero-order valence-electron chi connectivity index (χ0n) is 26.5. The molecule has 0 spiro atoms. The van der Waals surface area contributed by atoms with Crippen LogP contribution in [0.25, 0.3) is 0 Å². The molecule has 0 N–H and O–H groups in total. The molecule has 13 heteroatoms. The number of aromatic nitrogens is 2. The van der Waals surface area contributed by atoms with Gasteiger partial charge in [-0.3, -0.25) is 9.59 Å². The summed E-state index contributed by atoms with van der Waals surface area (Å²) in [4.78, 5) is 44.4. The number of amides is 2. The number of hydrogen-bond acceptors (Lipinski definition) is 9. The van der Waals surface area contributed by atoms with Gasteiger partial charge in [-0.05, 0) is 63.4 Å². The number of aryl methyl sites for hydroxylation is 1. The molecule has 2 amide bonds. The predicted molar refractivity (Wildman–Crippen MR) is 169 cm³/mol. The van der Waals surface area contributed by atoms with E-state index >= 15 is 0 Å². The molecule has 0 aliphatic carbocycles. The molecular weight excluding hydrogens is 594 g/mol. The van der Waals surface area contributed by atoms with Crippen molar-refractivity contribution in [3.63, 3.8) is 0 Å². The zero-order chi connectivity index (χ0) is 32.5. The lowest BCUT2D eigenvalue weighted by Crippen LogP contribution is -2.55. The summed E-state index contributed by atoms with van der Waals surface area (Å²) in [6, 6.07) is 5.08. The maximum absolute atomic E-state index is 15.0. The van der Waals surface area contributed by atoms with E-state index in [-0.39, 0.29) is 43.3 Å². The molecule has 5 heterocycles. The molecule has 0 bridgehead atoms. The van der Waals surface area contributed by atoms with E-state index in [4.69, 9.17) is 14.7 Å². The van der Waals surface area contributed by atoms with Gasteiger partial charge in [0.25, 0.3) is 5.91 Å². The molecule has 6 rings (SSSR count). The highest BCUT2D eigenvalue weighted by Crippen LogP contribution is 2.40. The quantitative estimate of drug-likeness (QED) is 0.424. The molecule has 2 aromatic rings. The molecule has 1 aromatic carbocycles. The van der Waals surface area contributed by atoms with Crippen molar-refractivity contribution in [1.82, 2.24) is 19.8 Å². The van der Waals surface area contributed by atoms with Crippen LogP contribution in [0.2, 0.25) is 0 Å². The number of fused-ring (bicyclic) bond motifs is 2. The maximum Gasteiger partial charge on any atom is 0.318 e. The fourth-order valence-corrected chi connectivity index (χ4v) is 7.22. The van der Waals surface area contributed by atoms with Crippen LogP contribution in [0.3, 0.4) is 0 Å². The standard InChI is InChI=1S/C33H40F2N8O3/c1-21(34)32(45)43-15-14-42(18-24(43)10-11-36)31-26-7-5-13-41(28-17-23(35)16-22-8-9-29(44)40(3)30(22)28)19-27(26)37-33(38-31)46-20-25-6-4-12-39(25)2/h16-17,24-25H,1,4-10,12-15,18-20H2,2-3H3/t24-,25-/m0/s1. The average molecular weight is 635 g/mol. The number of piperazine rings is 1. The van der Waals surface area contributed by atoms with E-state index in [1.165, 1.54) is 17.0 Å². The van der Waals surface area contributed by atoms with Gasteiger partial charge in [-0.2, -0.15) is 15.2 Å². The minimum Gasteiger partial charge on any atom is -0.462 e. The number of carbonyl (C=O) groups excluding carboxylic acids is 2. The fraction of sp³-hybridized carbons (Fsp3) is 0.545. The van der Waals surface area contributed by atoms with Crippen molar-refractivity contribution in [2.24, 2.45) is 0 Å². The summed E-state index contributed by atoms with van der Waals surface area (Å²) in [7, 11) is 3.81. The molecule has 244 valence electrons. The first-order valence-electron chi connectivity index (χ1n) is 16.0. The van der Waals surface area contributed by atoms with Crippen molar-refractivity contribution in [2.75, 3.05) is 68.1 Å². The number of halogens is 2. The number of likely N-dealkylation sites (tertiary alicyclic amines) is 1. The second-order valence-electron chi connectivity index (χ2n) is 12.6. The van der Waals surface area contributed by atoms with Crippen LogP contribution in [-0.2, 0) is 29.0 Å². The van der Waals surface area contributed by atoms with Crippen molar-refractivity contribution >= 4 is 29.0 Å². The molecule has 0 saturated carbocycles. The van der Waals surface area contributed by atoms with E-state index in [0.717, 1.165) is 48.3 Å². The maximum atomic E-state index is 15.0. The predicted octanol–water partition coefficient (Wildman–Crippen LogP) is 3.36. The van der Waals surface area contributed by atoms with Crippen LogP contribution in [0.5, 0.6) is 6.01 Å². The minimum atomic E-state index is -1.05. The van der Waals surface area contributed by atoms with E-state index in [9.17, 15) is 23.6 Å². The van der Waals surface area contributed by atoms with E-state index < -0.39 is 17.8 Å². The Hall–Kier alpha value is -4.31.